The summed E-state index contributed by atoms with van der Waals surface area (Å²) in [6, 6.07) is 15.6. The smallest absolute Gasteiger partial charge is 0.329 e. The van der Waals surface area contributed by atoms with Crippen LogP contribution in [0.25, 0.3) is 0 Å². The van der Waals surface area contributed by atoms with E-state index in [2.05, 4.69) is 33.9 Å². The predicted molar refractivity (Wildman–Crippen MR) is 141 cm³/mol. The zero-order chi connectivity index (χ0) is 26.2. The van der Waals surface area contributed by atoms with Gasteiger partial charge in [0.2, 0.25) is 5.95 Å². The quantitative estimate of drug-likeness (QED) is 0.475. The minimum Gasteiger partial charge on any atom is -0.491 e. The molecule has 2 fully saturated rings. The van der Waals surface area contributed by atoms with Crippen molar-refractivity contribution in [3.05, 3.63) is 78.4 Å². The first-order valence-electron chi connectivity index (χ1n) is 12.5. The van der Waals surface area contributed by atoms with E-state index < -0.39 is 21.6 Å². The van der Waals surface area contributed by atoms with Gasteiger partial charge in [0.1, 0.15) is 11.6 Å². The van der Waals surface area contributed by atoms with E-state index in [1.54, 1.807) is 18.2 Å². The van der Waals surface area contributed by atoms with Crippen LogP contribution in [0.4, 0.5) is 16.0 Å². The zero-order valence-corrected chi connectivity index (χ0v) is 22.1. The molecule has 37 heavy (non-hydrogen) atoms. The van der Waals surface area contributed by atoms with Gasteiger partial charge < -0.3 is 4.74 Å². The monoisotopic (exact) mass is 525 g/mol. The molecule has 8 nitrogen and oxygen atoms in total. The molecule has 2 aliphatic heterocycles. The van der Waals surface area contributed by atoms with Gasteiger partial charge in [0, 0.05) is 31.5 Å². The summed E-state index contributed by atoms with van der Waals surface area (Å²) in [7, 11) is -4.04. The molecule has 196 valence electrons. The summed E-state index contributed by atoms with van der Waals surface area (Å²) in [5, 5.41) is 0. The first-order chi connectivity index (χ1) is 17.7. The van der Waals surface area contributed by atoms with Crippen molar-refractivity contribution in [1.82, 2.24) is 14.9 Å². The van der Waals surface area contributed by atoms with E-state index in [0.717, 1.165) is 17.9 Å². The Bertz CT molecular complexity index is 1360. The molecule has 0 saturated carbocycles. The van der Waals surface area contributed by atoms with Gasteiger partial charge in [-0.05, 0) is 75.6 Å². The van der Waals surface area contributed by atoms with Crippen molar-refractivity contribution in [3.8, 4) is 5.75 Å². The van der Waals surface area contributed by atoms with Crippen molar-refractivity contribution in [2.45, 2.75) is 57.8 Å². The van der Waals surface area contributed by atoms with Gasteiger partial charge in [0.05, 0.1) is 23.9 Å². The first-order valence-corrected chi connectivity index (χ1v) is 13.9. The number of rotatable bonds is 6. The lowest BCUT2D eigenvalue weighted by atomic mass is 9.82. The molecule has 0 N–H and O–H groups in total. The average Bonchev–Trinajstić information content (AvgIpc) is 3.07. The summed E-state index contributed by atoms with van der Waals surface area (Å²) < 4.78 is 50.6. The molecule has 2 saturated heterocycles. The second-order valence-corrected chi connectivity index (χ2v) is 11.8. The molecule has 0 aliphatic carbocycles. The van der Waals surface area contributed by atoms with E-state index in [1.807, 2.05) is 26.0 Å². The maximum atomic E-state index is 14.3. The standard InChI is InChI=1S/C27H32FN5O3S/c1-20(2)36-25-10-4-7-22(15-25)18-31-14-11-27(17-21(31)3)19-32(26-29-12-6-13-30-26)37(34,35)33(27)24-9-5-8-23(28)16-24/h4-10,12-13,15-16,20-21H,11,14,17-19H2,1-3H3. The van der Waals surface area contributed by atoms with Gasteiger partial charge in [-0.3, -0.25) is 4.90 Å². The molecular formula is C27H32FN5O3S. The Balaban J connectivity index is 1.45. The number of hydrogen-bond donors (Lipinski definition) is 0. The number of halogens is 1. The van der Waals surface area contributed by atoms with Crippen LogP contribution in [-0.2, 0) is 16.8 Å². The van der Waals surface area contributed by atoms with E-state index in [4.69, 9.17) is 4.74 Å². The summed E-state index contributed by atoms with van der Waals surface area (Å²) >= 11 is 0. The first kappa shape index (κ1) is 25.4. The Hall–Kier alpha value is -3.24. The minimum atomic E-state index is -4.04. The Morgan fingerprint density at radius 2 is 1.86 bits per heavy atom. The van der Waals surface area contributed by atoms with Crippen LogP contribution >= 0.6 is 0 Å². The van der Waals surface area contributed by atoms with Gasteiger partial charge in [-0.15, -0.1) is 0 Å². The van der Waals surface area contributed by atoms with Gasteiger partial charge in [-0.2, -0.15) is 8.42 Å². The SMILES string of the molecule is CC(C)Oc1cccc(CN2CCC3(CC2C)CN(c2ncccn2)S(=O)(=O)N3c2cccc(F)c2)c1. The van der Waals surface area contributed by atoms with Gasteiger partial charge in [0.25, 0.3) is 0 Å². The van der Waals surface area contributed by atoms with Crippen molar-refractivity contribution in [2.75, 3.05) is 21.7 Å². The molecule has 2 aliphatic rings. The van der Waals surface area contributed by atoms with Crippen molar-refractivity contribution in [2.24, 2.45) is 0 Å². The largest absolute Gasteiger partial charge is 0.491 e. The number of aromatic nitrogens is 2. The zero-order valence-electron chi connectivity index (χ0n) is 21.3. The molecule has 2 atom stereocenters. The van der Waals surface area contributed by atoms with Crippen molar-refractivity contribution in [1.29, 1.82) is 0 Å². The highest BCUT2D eigenvalue weighted by Gasteiger charge is 2.57. The molecule has 5 rings (SSSR count). The molecule has 3 aromatic rings. The Kier molecular flexibility index (Phi) is 6.80. The molecule has 0 bridgehead atoms. The Morgan fingerprint density at radius 1 is 1.11 bits per heavy atom. The number of benzene rings is 2. The topological polar surface area (TPSA) is 78.9 Å². The van der Waals surface area contributed by atoms with Crippen molar-refractivity contribution >= 4 is 21.8 Å². The lowest BCUT2D eigenvalue weighted by molar-refractivity contribution is 0.107. The predicted octanol–water partition coefficient (Wildman–Crippen LogP) is 4.40. The van der Waals surface area contributed by atoms with Crippen LogP contribution < -0.4 is 13.3 Å². The number of anilines is 2. The summed E-state index contributed by atoms with van der Waals surface area (Å²) in [5.41, 5.74) is 0.698. The average molecular weight is 526 g/mol. The number of ether oxygens (including phenoxy) is 1. The number of nitrogens with zero attached hydrogens (tertiary/aromatic N) is 5. The highest BCUT2D eigenvalue weighted by atomic mass is 32.2. The van der Waals surface area contributed by atoms with Crippen LogP contribution in [0, 0.1) is 5.82 Å². The van der Waals surface area contributed by atoms with E-state index in [9.17, 15) is 12.8 Å². The summed E-state index contributed by atoms with van der Waals surface area (Å²) in [5.74, 6) is 0.482. The van der Waals surface area contributed by atoms with Gasteiger partial charge in [0.15, 0.2) is 0 Å². The third-order valence-electron chi connectivity index (χ3n) is 7.01. The fourth-order valence-electron chi connectivity index (χ4n) is 5.50. The van der Waals surface area contributed by atoms with E-state index in [0.29, 0.717) is 25.1 Å². The molecule has 3 heterocycles. The van der Waals surface area contributed by atoms with Crippen LogP contribution in [0.15, 0.2) is 67.0 Å². The Morgan fingerprint density at radius 3 is 2.57 bits per heavy atom. The van der Waals surface area contributed by atoms with Crippen LogP contribution in [0.5, 0.6) is 5.75 Å². The molecule has 2 aromatic carbocycles. The third-order valence-corrected chi connectivity index (χ3v) is 8.92. The van der Waals surface area contributed by atoms with Gasteiger partial charge in [-0.1, -0.05) is 18.2 Å². The molecule has 10 heteroatoms. The van der Waals surface area contributed by atoms with Gasteiger partial charge in [-0.25, -0.2) is 23.0 Å². The molecule has 0 amide bonds. The fraction of sp³-hybridized carbons (Fsp3) is 0.407. The summed E-state index contributed by atoms with van der Waals surface area (Å²) in [6.45, 7) is 7.73. The minimum absolute atomic E-state index is 0.0753. The molecular weight excluding hydrogens is 493 g/mol. The van der Waals surface area contributed by atoms with E-state index in [-0.39, 0.29) is 24.6 Å². The van der Waals surface area contributed by atoms with Crippen LogP contribution in [0.1, 0.15) is 39.2 Å². The third kappa shape index (κ3) is 5.00. The maximum absolute atomic E-state index is 14.3. The van der Waals surface area contributed by atoms with Crippen LogP contribution in [0.3, 0.4) is 0 Å². The molecule has 0 radical (unpaired) electrons. The molecule has 2 unspecified atom stereocenters. The highest BCUT2D eigenvalue weighted by molar-refractivity contribution is 7.94. The number of hydrogen-bond acceptors (Lipinski definition) is 6. The van der Waals surface area contributed by atoms with Crippen LogP contribution in [-0.4, -0.2) is 54.1 Å². The summed E-state index contributed by atoms with van der Waals surface area (Å²) in [6.07, 6.45) is 4.31. The normalized spacial score (nSPS) is 23.6. The Labute approximate surface area is 217 Å². The van der Waals surface area contributed by atoms with Crippen molar-refractivity contribution in [3.63, 3.8) is 0 Å². The molecule has 1 spiro atoms. The number of piperidine rings is 1. The second kappa shape index (κ2) is 9.90. The maximum Gasteiger partial charge on any atom is 0.329 e. The second-order valence-electron chi connectivity index (χ2n) is 10.1. The fourth-order valence-corrected chi connectivity index (χ4v) is 7.49. The number of likely N-dealkylation sites (tertiary alicyclic amines) is 1. The summed E-state index contributed by atoms with van der Waals surface area (Å²) in [4.78, 5) is 10.8. The van der Waals surface area contributed by atoms with E-state index in [1.165, 1.54) is 33.1 Å². The highest BCUT2D eigenvalue weighted by Crippen LogP contribution is 2.45. The van der Waals surface area contributed by atoms with Crippen LogP contribution in [0.2, 0.25) is 0 Å². The molecule has 1 aromatic heterocycles. The lowest BCUT2D eigenvalue weighted by Gasteiger charge is -2.46. The lowest BCUT2D eigenvalue weighted by Crippen LogP contribution is -2.57. The van der Waals surface area contributed by atoms with E-state index >= 15 is 0 Å². The van der Waals surface area contributed by atoms with Crippen molar-refractivity contribution < 1.29 is 17.5 Å². The van der Waals surface area contributed by atoms with Gasteiger partial charge >= 0.3 is 10.2 Å².